The van der Waals surface area contributed by atoms with Crippen molar-refractivity contribution in [2.45, 2.75) is 6.18 Å². The van der Waals surface area contributed by atoms with Gasteiger partial charge in [-0.1, -0.05) is 29.8 Å². The first-order valence-electron chi connectivity index (χ1n) is 9.46. The van der Waals surface area contributed by atoms with Crippen molar-refractivity contribution in [3.05, 3.63) is 94.6 Å². The van der Waals surface area contributed by atoms with E-state index in [4.69, 9.17) is 16.9 Å². The van der Waals surface area contributed by atoms with E-state index >= 15 is 0 Å². The normalized spacial score (nSPS) is 11.1. The molecule has 0 aliphatic rings. The molecule has 0 unspecified atom stereocenters. The summed E-state index contributed by atoms with van der Waals surface area (Å²) in [7, 11) is 0. The summed E-state index contributed by atoms with van der Waals surface area (Å²) in [5.74, 6) is -0.450. The third kappa shape index (κ3) is 4.71. The minimum Gasteiger partial charge on any atom is -0.306 e. The summed E-state index contributed by atoms with van der Waals surface area (Å²) in [5.41, 5.74) is 0.818. The van der Waals surface area contributed by atoms with E-state index in [2.05, 4.69) is 15.4 Å². The van der Waals surface area contributed by atoms with Crippen molar-refractivity contribution in [1.29, 1.82) is 5.26 Å². The first kappa shape index (κ1) is 22.0. The highest BCUT2D eigenvalue weighted by Gasteiger charge is 2.31. The highest BCUT2D eigenvalue weighted by molar-refractivity contribution is 6.34. The number of hydrogen-bond donors (Lipinski definition) is 1. The number of para-hydroxylation sites is 1. The SMILES string of the molecule is N#Cc1ccc(-c2cc(NC(=O)c3ccc(C(F)(F)F)cc3Cl)n(-c3ccccc3)n2)nc1. The largest absolute Gasteiger partial charge is 0.416 e. The van der Waals surface area contributed by atoms with Crippen LogP contribution in [0.3, 0.4) is 0 Å². The number of nitrogens with zero attached hydrogens (tertiary/aromatic N) is 4. The molecule has 1 N–H and O–H groups in total. The summed E-state index contributed by atoms with van der Waals surface area (Å²) in [6.45, 7) is 0. The van der Waals surface area contributed by atoms with E-state index < -0.39 is 17.6 Å². The third-order valence-corrected chi connectivity index (χ3v) is 4.96. The molecule has 0 aliphatic carbocycles. The van der Waals surface area contributed by atoms with E-state index in [1.165, 1.54) is 10.9 Å². The Labute approximate surface area is 190 Å². The highest BCUT2D eigenvalue weighted by atomic mass is 35.5. The van der Waals surface area contributed by atoms with Crippen LogP contribution in [0, 0.1) is 11.3 Å². The summed E-state index contributed by atoms with van der Waals surface area (Å²) in [6.07, 6.45) is -3.18. The summed E-state index contributed by atoms with van der Waals surface area (Å²) in [6, 6.07) is 18.2. The summed E-state index contributed by atoms with van der Waals surface area (Å²) >= 11 is 5.96. The van der Waals surface area contributed by atoms with Gasteiger partial charge in [0.25, 0.3) is 5.91 Å². The van der Waals surface area contributed by atoms with Crippen LogP contribution in [0.4, 0.5) is 19.0 Å². The van der Waals surface area contributed by atoms with Crippen molar-refractivity contribution in [2.24, 2.45) is 0 Å². The Morgan fingerprint density at radius 2 is 1.79 bits per heavy atom. The number of pyridine rings is 1. The second kappa shape index (κ2) is 8.76. The van der Waals surface area contributed by atoms with Crippen molar-refractivity contribution in [2.75, 3.05) is 5.32 Å². The van der Waals surface area contributed by atoms with E-state index in [-0.39, 0.29) is 16.4 Å². The molecule has 0 aliphatic heterocycles. The zero-order valence-electron chi connectivity index (χ0n) is 16.6. The number of amides is 1. The Bertz CT molecular complexity index is 1360. The fourth-order valence-electron chi connectivity index (χ4n) is 3.03. The van der Waals surface area contributed by atoms with Crippen molar-refractivity contribution in [1.82, 2.24) is 14.8 Å². The van der Waals surface area contributed by atoms with Crippen LogP contribution < -0.4 is 5.32 Å². The number of nitriles is 1. The van der Waals surface area contributed by atoms with Crippen LogP contribution in [-0.4, -0.2) is 20.7 Å². The minimum absolute atomic E-state index is 0.122. The Hall–Kier alpha value is -4.16. The first-order chi connectivity index (χ1) is 15.8. The average Bonchev–Trinajstić information content (AvgIpc) is 3.22. The van der Waals surface area contributed by atoms with Gasteiger partial charge in [-0.05, 0) is 42.5 Å². The molecule has 33 heavy (non-hydrogen) atoms. The van der Waals surface area contributed by atoms with Gasteiger partial charge in [-0.25, -0.2) is 4.68 Å². The molecule has 6 nitrogen and oxygen atoms in total. The monoisotopic (exact) mass is 467 g/mol. The number of benzene rings is 2. The molecular weight excluding hydrogens is 455 g/mol. The number of anilines is 1. The highest BCUT2D eigenvalue weighted by Crippen LogP contribution is 2.32. The quantitative estimate of drug-likeness (QED) is 0.415. The van der Waals surface area contributed by atoms with Gasteiger partial charge in [0.15, 0.2) is 0 Å². The van der Waals surface area contributed by atoms with Crippen LogP contribution in [-0.2, 0) is 6.18 Å². The van der Waals surface area contributed by atoms with Crippen molar-refractivity contribution < 1.29 is 18.0 Å². The maximum atomic E-state index is 12.9. The number of nitrogens with one attached hydrogen (secondary N) is 1. The molecule has 2 aromatic heterocycles. The van der Waals surface area contributed by atoms with Gasteiger partial charge in [0, 0.05) is 12.3 Å². The Morgan fingerprint density at radius 3 is 2.39 bits per heavy atom. The van der Waals surface area contributed by atoms with Gasteiger partial charge in [-0.3, -0.25) is 9.78 Å². The van der Waals surface area contributed by atoms with Gasteiger partial charge in [-0.15, -0.1) is 0 Å². The Morgan fingerprint density at radius 1 is 1.03 bits per heavy atom. The summed E-state index contributed by atoms with van der Waals surface area (Å²) < 4.78 is 40.2. The minimum atomic E-state index is -4.58. The number of carbonyl (C=O) groups is 1. The van der Waals surface area contributed by atoms with Crippen LogP contribution in [0.2, 0.25) is 5.02 Å². The van der Waals surface area contributed by atoms with Crippen LogP contribution in [0.15, 0.2) is 72.9 Å². The number of carbonyl (C=O) groups excluding carboxylic acids is 1. The topological polar surface area (TPSA) is 83.6 Å². The lowest BCUT2D eigenvalue weighted by Crippen LogP contribution is -2.16. The van der Waals surface area contributed by atoms with Crippen molar-refractivity contribution in [3.8, 4) is 23.1 Å². The fourth-order valence-corrected chi connectivity index (χ4v) is 3.30. The third-order valence-electron chi connectivity index (χ3n) is 4.65. The van der Waals surface area contributed by atoms with Gasteiger partial charge in [-0.2, -0.15) is 23.5 Å². The van der Waals surface area contributed by atoms with Crippen molar-refractivity contribution >= 4 is 23.3 Å². The summed E-state index contributed by atoms with van der Waals surface area (Å²) in [4.78, 5) is 17.1. The molecule has 2 heterocycles. The van der Waals surface area contributed by atoms with Gasteiger partial charge >= 0.3 is 6.18 Å². The predicted molar refractivity (Wildman–Crippen MR) is 116 cm³/mol. The van der Waals surface area contributed by atoms with Gasteiger partial charge in [0.2, 0.25) is 0 Å². The molecular formula is C23H13ClF3N5O. The van der Waals surface area contributed by atoms with Crippen LogP contribution in [0.1, 0.15) is 21.5 Å². The Kier molecular flexibility index (Phi) is 5.85. The van der Waals surface area contributed by atoms with E-state index in [0.717, 1.165) is 12.1 Å². The zero-order valence-corrected chi connectivity index (χ0v) is 17.4. The first-order valence-corrected chi connectivity index (χ1v) is 9.84. The number of hydrogen-bond acceptors (Lipinski definition) is 4. The molecule has 0 fully saturated rings. The molecule has 0 saturated carbocycles. The lowest BCUT2D eigenvalue weighted by atomic mass is 10.1. The maximum Gasteiger partial charge on any atom is 0.416 e. The molecule has 4 rings (SSSR count). The van der Waals surface area contributed by atoms with Crippen molar-refractivity contribution in [3.63, 3.8) is 0 Å². The number of aromatic nitrogens is 3. The molecule has 0 atom stereocenters. The van der Waals surface area contributed by atoms with Crippen LogP contribution in [0.5, 0.6) is 0 Å². The smallest absolute Gasteiger partial charge is 0.306 e. The van der Waals surface area contributed by atoms with Gasteiger partial charge < -0.3 is 5.32 Å². The predicted octanol–water partition coefficient (Wildman–Crippen LogP) is 5.73. The van der Waals surface area contributed by atoms with Gasteiger partial charge in [0.05, 0.1) is 33.1 Å². The summed E-state index contributed by atoms with van der Waals surface area (Å²) in [5, 5.41) is 15.8. The lowest BCUT2D eigenvalue weighted by Gasteiger charge is -2.11. The maximum absolute atomic E-state index is 12.9. The number of rotatable bonds is 4. The van der Waals surface area contributed by atoms with E-state index in [1.54, 1.807) is 42.5 Å². The lowest BCUT2D eigenvalue weighted by molar-refractivity contribution is -0.137. The fraction of sp³-hybridized carbons (Fsp3) is 0.0435. The molecule has 10 heteroatoms. The number of halogens is 4. The Balaban J connectivity index is 1.71. The zero-order chi connectivity index (χ0) is 23.6. The second-order valence-electron chi connectivity index (χ2n) is 6.85. The molecule has 4 aromatic rings. The average molecular weight is 468 g/mol. The number of alkyl halides is 3. The molecule has 2 aromatic carbocycles. The molecule has 0 saturated heterocycles. The van der Waals surface area contributed by atoms with Crippen LogP contribution >= 0.6 is 11.6 Å². The van der Waals surface area contributed by atoms with E-state index in [1.807, 2.05) is 12.1 Å². The molecule has 1 amide bonds. The molecule has 164 valence electrons. The molecule has 0 bridgehead atoms. The van der Waals surface area contributed by atoms with E-state index in [9.17, 15) is 18.0 Å². The molecule has 0 spiro atoms. The second-order valence-corrected chi connectivity index (χ2v) is 7.26. The van der Waals surface area contributed by atoms with Gasteiger partial charge in [0.1, 0.15) is 17.6 Å². The van der Waals surface area contributed by atoms with E-state index in [0.29, 0.717) is 28.7 Å². The standard InChI is InChI=1S/C23H13ClF3N5O/c24-18-10-15(23(25,26)27)7-8-17(18)22(33)30-21-11-20(19-9-6-14(12-28)13-29-19)31-32(21)16-4-2-1-3-5-16/h1-11,13H,(H,30,33). The van der Waals surface area contributed by atoms with Crippen LogP contribution in [0.25, 0.3) is 17.1 Å². The molecule has 0 radical (unpaired) electrons.